The number of hydrogen-bond donors (Lipinski definition) is 1. The summed E-state index contributed by atoms with van der Waals surface area (Å²) in [6, 6.07) is 0.689. The molecule has 1 N–H and O–H groups in total. The molecule has 0 aromatic heterocycles. The summed E-state index contributed by atoms with van der Waals surface area (Å²) in [5.41, 5.74) is 0.736. The van der Waals surface area contributed by atoms with Crippen molar-refractivity contribution in [3.05, 3.63) is 0 Å². The predicted molar refractivity (Wildman–Crippen MR) is 88.1 cm³/mol. The second-order valence-corrected chi connectivity index (χ2v) is 8.33. The Labute approximate surface area is 126 Å². The van der Waals surface area contributed by atoms with Crippen molar-refractivity contribution in [1.29, 1.82) is 0 Å². The Kier molecular flexibility index (Phi) is 5.18. The predicted octanol–water partition coefficient (Wildman–Crippen LogP) is 4.06. The molecular weight excluding hydrogens is 244 g/mol. The molecule has 1 heterocycles. The molecule has 2 aliphatic rings. The lowest BCUT2D eigenvalue weighted by Gasteiger charge is -2.52. The first-order valence-corrected chi connectivity index (χ1v) is 8.89. The Balaban J connectivity index is 2.09. The van der Waals surface area contributed by atoms with E-state index in [0.29, 0.717) is 17.0 Å². The minimum absolute atomic E-state index is 0.361. The van der Waals surface area contributed by atoms with Gasteiger partial charge in [0.1, 0.15) is 0 Å². The molecule has 2 nitrogen and oxygen atoms in total. The topological polar surface area (TPSA) is 15.3 Å². The summed E-state index contributed by atoms with van der Waals surface area (Å²) in [6.07, 6.45) is 8.36. The summed E-state index contributed by atoms with van der Waals surface area (Å²) in [5.74, 6) is 0.962. The highest BCUT2D eigenvalue weighted by molar-refractivity contribution is 5.00. The molecule has 0 spiro atoms. The molecule has 20 heavy (non-hydrogen) atoms. The highest BCUT2D eigenvalue weighted by atomic mass is 15.3. The van der Waals surface area contributed by atoms with Gasteiger partial charge in [-0.15, -0.1) is 0 Å². The molecule has 1 atom stereocenters. The van der Waals surface area contributed by atoms with E-state index in [9.17, 15) is 0 Å². The maximum Gasteiger partial charge on any atom is 0.0304 e. The van der Waals surface area contributed by atoms with E-state index in [1.165, 1.54) is 51.6 Å². The molecule has 1 aliphatic heterocycles. The molecule has 0 aromatic rings. The Hall–Kier alpha value is -0.0800. The summed E-state index contributed by atoms with van der Waals surface area (Å²) < 4.78 is 0. The summed E-state index contributed by atoms with van der Waals surface area (Å²) >= 11 is 0. The molecule has 1 aliphatic carbocycles. The fourth-order valence-corrected chi connectivity index (χ4v) is 4.29. The average molecular weight is 280 g/mol. The number of nitrogens with one attached hydrogen (secondary N) is 1. The largest absolute Gasteiger partial charge is 0.308 e. The monoisotopic (exact) mass is 280 g/mol. The van der Waals surface area contributed by atoms with E-state index in [2.05, 4.69) is 44.8 Å². The SMILES string of the molecule is CCC1(CC)CN(CC2CCCC2)C(C(C)(C)C)CN1. The van der Waals surface area contributed by atoms with Crippen molar-refractivity contribution < 1.29 is 0 Å². The maximum absolute atomic E-state index is 3.90. The minimum Gasteiger partial charge on any atom is -0.308 e. The Morgan fingerprint density at radius 2 is 1.70 bits per heavy atom. The first-order chi connectivity index (χ1) is 9.40. The lowest BCUT2D eigenvalue weighted by Crippen LogP contribution is -2.67. The van der Waals surface area contributed by atoms with E-state index in [4.69, 9.17) is 0 Å². The standard InChI is InChI=1S/C18H36N2/c1-6-18(7-2)14-20(13-15-10-8-9-11-15)16(12-19-18)17(3,4)5/h15-16,19H,6-14H2,1-5H3. The first kappa shape index (κ1) is 16.3. The zero-order chi connectivity index (χ0) is 14.8. The van der Waals surface area contributed by atoms with Crippen molar-refractivity contribution in [1.82, 2.24) is 10.2 Å². The van der Waals surface area contributed by atoms with Crippen molar-refractivity contribution in [2.45, 2.75) is 84.7 Å². The Bertz CT molecular complexity index is 295. The zero-order valence-electron chi connectivity index (χ0n) is 14.5. The highest BCUT2D eigenvalue weighted by Crippen LogP contribution is 2.34. The number of rotatable bonds is 4. The lowest BCUT2D eigenvalue weighted by atomic mass is 9.79. The van der Waals surface area contributed by atoms with Crippen LogP contribution in [0.5, 0.6) is 0 Å². The number of nitrogens with zero attached hydrogens (tertiary/aromatic N) is 1. The van der Waals surface area contributed by atoms with Gasteiger partial charge >= 0.3 is 0 Å². The van der Waals surface area contributed by atoms with E-state index < -0.39 is 0 Å². The molecule has 0 amide bonds. The summed E-state index contributed by atoms with van der Waals surface area (Å²) in [7, 11) is 0. The highest BCUT2D eigenvalue weighted by Gasteiger charge is 2.41. The van der Waals surface area contributed by atoms with Crippen molar-refractivity contribution in [2.24, 2.45) is 11.3 Å². The normalized spacial score (nSPS) is 28.9. The molecule has 118 valence electrons. The quantitative estimate of drug-likeness (QED) is 0.835. The van der Waals surface area contributed by atoms with Gasteiger partial charge in [0.15, 0.2) is 0 Å². The van der Waals surface area contributed by atoms with Crippen LogP contribution in [0.1, 0.15) is 73.1 Å². The van der Waals surface area contributed by atoms with E-state index >= 15 is 0 Å². The molecular formula is C18H36N2. The first-order valence-electron chi connectivity index (χ1n) is 8.89. The minimum atomic E-state index is 0.361. The Morgan fingerprint density at radius 3 is 2.20 bits per heavy atom. The lowest BCUT2D eigenvalue weighted by molar-refractivity contribution is 0.00912. The van der Waals surface area contributed by atoms with Crippen LogP contribution in [-0.2, 0) is 0 Å². The molecule has 1 saturated heterocycles. The molecule has 0 aromatic carbocycles. The van der Waals surface area contributed by atoms with Gasteiger partial charge < -0.3 is 5.32 Å². The van der Waals surface area contributed by atoms with E-state index in [1.807, 2.05) is 0 Å². The third kappa shape index (κ3) is 3.57. The molecule has 1 saturated carbocycles. The van der Waals surface area contributed by atoms with Crippen LogP contribution in [-0.4, -0.2) is 36.1 Å². The molecule has 2 rings (SSSR count). The third-order valence-electron chi connectivity index (χ3n) is 5.94. The summed E-state index contributed by atoms with van der Waals surface area (Å²) in [6.45, 7) is 15.7. The summed E-state index contributed by atoms with van der Waals surface area (Å²) in [4.78, 5) is 2.85. The second-order valence-electron chi connectivity index (χ2n) is 8.33. The van der Waals surface area contributed by atoms with Gasteiger partial charge in [-0.05, 0) is 37.0 Å². The van der Waals surface area contributed by atoms with E-state index in [-0.39, 0.29) is 0 Å². The van der Waals surface area contributed by atoms with Gasteiger partial charge in [-0.25, -0.2) is 0 Å². The molecule has 1 unspecified atom stereocenters. The third-order valence-corrected chi connectivity index (χ3v) is 5.94. The van der Waals surface area contributed by atoms with Crippen LogP contribution >= 0.6 is 0 Å². The molecule has 2 heteroatoms. The van der Waals surface area contributed by atoms with E-state index in [1.54, 1.807) is 0 Å². The molecule has 0 radical (unpaired) electrons. The number of hydrogen-bond acceptors (Lipinski definition) is 2. The van der Waals surface area contributed by atoms with Crippen molar-refractivity contribution in [3.63, 3.8) is 0 Å². The van der Waals surface area contributed by atoms with Gasteiger partial charge in [-0.2, -0.15) is 0 Å². The van der Waals surface area contributed by atoms with Crippen LogP contribution < -0.4 is 5.32 Å². The average Bonchev–Trinajstić information content (AvgIpc) is 2.90. The zero-order valence-corrected chi connectivity index (χ0v) is 14.5. The van der Waals surface area contributed by atoms with Gasteiger partial charge in [-0.3, -0.25) is 4.90 Å². The van der Waals surface area contributed by atoms with Crippen LogP contribution in [0.15, 0.2) is 0 Å². The Morgan fingerprint density at radius 1 is 1.10 bits per heavy atom. The van der Waals surface area contributed by atoms with Crippen LogP contribution in [0, 0.1) is 11.3 Å². The molecule has 0 bridgehead atoms. The van der Waals surface area contributed by atoms with Crippen LogP contribution in [0.25, 0.3) is 0 Å². The van der Waals surface area contributed by atoms with Gasteiger partial charge in [-0.1, -0.05) is 47.5 Å². The van der Waals surface area contributed by atoms with Crippen molar-refractivity contribution in [3.8, 4) is 0 Å². The van der Waals surface area contributed by atoms with Crippen LogP contribution in [0.2, 0.25) is 0 Å². The fourth-order valence-electron chi connectivity index (χ4n) is 4.29. The fraction of sp³-hybridized carbons (Fsp3) is 1.00. The van der Waals surface area contributed by atoms with Crippen LogP contribution in [0.4, 0.5) is 0 Å². The van der Waals surface area contributed by atoms with Gasteiger partial charge in [0.2, 0.25) is 0 Å². The summed E-state index contributed by atoms with van der Waals surface area (Å²) in [5, 5.41) is 3.90. The maximum atomic E-state index is 3.90. The van der Waals surface area contributed by atoms with E-state index in [0.717, 1.165) is 12.5 Å². The van der Waals surface area contributed by atoms with Gasteiger partial charge in [0.25, 0.3) is 0 Å². The van der Waals surface area contributed by atoms with Gasteiger partial charge in [0, 0.05) is 31.2 Å². The van der Waals surface area contributed by atoms with Crippen LogP contribution in [0.3, 0.4) is 0 Å². The smallest absolute Gasteiger partial charge is 0.0304 e. The van der Waals surface area contributed by atoms with Crippen molar-refractivity contribution >= 4 is 0 Å². The van der Waals surface area contributed by atoms with Gasteiger partial charge in [0.05, 0.1) is 0 Å². The molecule has 2 fully saturated rings. The van der Waals surface area contributed by atoms with Crippen molar-refractivity contribution in [2.75, 3.05) is 19.6 Å². The number of piperazine rings is 1. The second kappa shape index (κ2) is 6.36.